The summed E-state index contributed by atoms with van der Waals surface area (Å²) >= 11 is 1.40. The predicted molar refractivity (Wildman–Crippen MR) is 111 cm³/mol. The molecule has 0 aliphatic heterocycles. The fourth-order valence-corrected chi connectivity index (χ4v) is 4.28. The van der Waals surface area contributed by atoms with Crippen LogP contribution in [-0.4, -0.2) is 26.8 Å². The summed E-state index contributed by atoms with van der Waals surface area (Å²) in [4.78, 5) is 17.3. The van der Waals surface area contributed by atoms with E-state index in [1.165, 1.54) is 11.8 Å². The SMILES string of the molecule is Cc1cccc(-n2c(SCC(=O)N[C@@](C)(C#N)C3CC3)nc3ccccc32)c1. The molecule has 0 saturated heterocycles. The number of carbonyl (C=O) groups excluding carboxylic acids is 1. The summed E-state index contributed by atoms with van der Waals surface area (Å²) in [6.45, 7) is 3.87. The lowest BCUT2D eigenvalue weighted by Gasteiger charge is -2.22. The zero-order chi connectivity index (χ0) is 19.7. The van der Waals surface area contributed by atoms with E-state index in [1.807, 2.05) is 43.3 Å². The van der Waals surface area contributed by atoms with Crippen molar-refractivity contribution in [1.29, 1.82) is 5.26 Å². The van der Waals surface area contributed by atoms with Crippen LogP contribution >= 0.6 is 11.8 Å². The molecule has 4 rings (SSSR count). The van der Waals surface area contributed by atoms with Gasteiger partial charge in [-0.2, -0.15) is 5.26 Å². The molecule has 1 amide bonds. The van der Waals surface area contributed by atoms with E-state index in [2.05, 4.69) is 35.0 Å². The molecule has 1 atom stereocenters. The van der Waals surface area contributed by atoms with Gasteiger partial charge in [0.15, 0.2) is 5.16 Å². The molecule has 1 aliphatic carbocycles. The fraction of sp³-hybridized carbons (Fsp3) is 0.318. The van der Waals surface area contributed by atoms with E-state index in [0.29, 0.717) is 0 Å². The number of carbonyl (C=O) groups is 1. The molecule has 1 aromatic heterocycles. The van der Waals surface area contributed by atoms with E-state index in [-0.39, 0.29) is 17.6 Å². The quantitative estimate of drug-likeness (QED) is 0.639. The van der Waals surface area contributed by atoms with Crippen LogP contribution in [0.25, 0.3) is 16.7 Å². The third kappa shape index (κ3) is 3.63. The Morgan fingerprint density at radius 1 is 1.32 bits per heavy atom. The smallest absolute Gasteiger partial charge is 0.231 e. The van der Waals surface area contributed by atoms with Gasteiger partial charge in [0.1, 0.15) is 5.54 Å². The Morgan fingerprint density at radius 3 is 2.82 bits per heavy atom. The Hall–Kier alpha value is -2.78. The normalized spacial score (nSPS) is 15.8. The van der Waals surface area contributed by atoms with Crippen molar-refractivity contribution in [2.75, 3.05) is 5.75 Å². The molecule has 1 N–H and O–H groups in total. The average Bonchev–Trinajstić information content (AvgIpc) is 3.48. The third-order valence-electron chi connectivity index (χ3n) is 5.15. The molecule has 142 valence electrons. The minimum atomic E-state index is -0.770. The molecule has 5 nitrogen and oxygen atoms in total. The fourth-order valence-electron chi connectivity index (χ4n) is 3.46. The Balaban J connectivity index is 1.59. The molecule has 6 heteroatoms. The van der Waals surface area contributed by atoms with Gasteiger partial charge in [-0.1, -0.05) is 36.0 Å². The van der Waals surface area contributed by atoms with Gasteiger partial charge in [-0.05, 0) is 62.4 Å². The van der Waals surface area contributed by atoms with Crippen LogP contribution in [0.3, 0.4) is 0 Å². The van der Waals surface area contributed by atoms with Crippen LogP contribution in [0.1, 0.15) is 25.3 Å². The maximum absolute atomic E-state index is 12.5. The first kappa shape index (κ1) is 18.6. The Bertz CT molecular complexity index is 1080. The van der Waals surface area contributed by atoms with Gasteiger partial charge in [0.25, 0.3) is 0 Å². The lowest BCUT2D eigenvalue weighted by Crippen LogP contribution is -2.47. The lowest BCUT2D eigenvalue weighted by atomic mass is 9.98. The minimum absolute atomic E-state index is 0.135. The largest absolute Gasteiger partial charge is 0.337 e. The van der Waals surface area contributed by atoms with Crippen LogP contribution in [0.2, 0.25) is 0 Å². The van der Waals surface area contributed by atoms with Crippen molar-refractivity contribution >= 4 is 28.7 Å². The number of benzene rings is 2. The number of aromatic nitrogens is 2. The summed E-state index contributed by atoms with van der Waals surface area (Å²) in [7, 11) is 0. The number of rotatable bonds is 6. The number of imidazole rings is 1. The second kappa shape index (κ2) is 7.33. The van der Waals surface area contributed by atoms with Crippen LogP contribution in [0, 0.1) is 24.2 Å². The van der Waals surface area contributed by atoms with E-state index in [9.17, 15) is 10.1 Å². The second-order valence-corrected chi connectivity index (χ2v) is 8.43. The van der Waals surface area contributed by atoms with Gasteiger partial charge in [-0.25, -0.2) is 4.98 Å². The highest BCUT2D eigenvalue weighted by molar-refractivity contribution is 7.99. The molecule has 1 heterocycles. The minimum Gasteiger partial charge on any atom is -0.337 e. The number of hydrogen-bond donors (Lipinski definition) is 1. The summed E-state index contributed by atoms with van der Waals surface area (Å²) < 4.78 is 2.09. The molecular formula is C22H22N4OS. The third-order valence-corrected chi connectivity index (χ3v) is 6.09. The van der Waals surface area contributed by atoms with Crippen molar-refractivity contribution < 1.29 is 4.79 Å². The molecule has 3 aromatic rings. The van der Waals surface area contributed by atoms with E-state index in [1.54, 1.807) is 0 Å². The van der Waals surface area contributed by atoms with Gasteiger partial charge in [-0.3, -0.25) is 9.36 Å². The van der Waals surface area contributed by atoms with Crippen molar-refractivity contribution in [3.05, 3.63) is 54.1 Å². The van der Waals surface area contributed by atoms with Gasteiger partial charge in [-0.15, -0.1) is 0 Å². The number of thioether (sulfide) groups is 1. The highest BCUT2D eigenvalue weighted by Crippen LogP contribution is 2.39. The Kier molecular flexibility index (Phi) is 4.86. The van der Waals surface area contributed by atoms with Gasteiger partial charge >= 0.3 is 0 Å². The van der Waals surface area contributed by atoms with Gasteiger partial charge in [0.2, 0.25) is 5.91 Å². The first-order valence-corrected chi connectivity index (χ1v) is 10.4. The van der Waals surface area contributed by atoms with Crippen molar-refractivity contribution in [2.45, 2.75) is 37.4 Å². The second-order valence-electron chi connectivity index (χ2n) is 7.48. The number of hydrogen-bond acceptors (Lipinski definition) is 4. The number of fused-ring (bicyclic) bond motifs is 1. The number of nitrogens with zero attached hydrogens (tertiary/aromatic N) is 3. The van der Waals surface area contributed by atoms with Crippen LogP contribution in [-0.2, 0) is 4.79 Å². The summed E-state index contributed by atoms with van der Waals surface area (Å²) in [6.07, 6.45) is 2.00. The van der Waals surface area contributed by atoms with Crippen molar-refractivity contribution in [3.63, 3.8) is 0 Å². The number of amides is 1. The van der Waals surface area contributed by atoms with E-state index >= 15 is 0 Å². The van der Waals surface area contributed by atoms with Crippen molar-refractivity contribution in [1.82, 2.24) is 14.9 Å². The summed E-state index contributed by atoms with van der Waals surface area (Å²) in [5.41, 5.74) is 3.33. The van der Waals surface area contributed by atoms with E-state index < -0.39 is 5.54 Å². The van der Waals surface area contributed by atoms with Crippen molar-refractivity contribution in [2.24, 2.45) is 5.92 Å². The number of para-hydroxylation sites is 2. The Labute approximate surface area is 168 Å². The zero-order valence-electron chi connectivity index (χ0n) is 16.0. The highest BCUT2D eigenvalue weighted by Gasteiger charge is 2.42. The highest BCUT2D eigenvalue weighted by atomic mass is 32.2. The molecule has 28 heavy (non-hydrogen) atoms. The molecule has 0 spiro atoms. The monoisotopic (exact) mass is 390 g/mol. The first-order chi connectivity index (χ1) is 13.5. The lowest BCUT2D eigenvalue weighted by molar-refractivity contribution is -0.119. The molecule has 0 radical (unpaired) electrons. The first-order valence-electron chi connectivity index (χ1n) is 9.40. The molecule has 1 saturated carbocycles. The molecule has 2 aromatic carbocycles. The van der Waals surface area contributed by atoms with Crippen LogP contribution in [0.5, 0.6) is 0 Å². The molecule has 0 unspecified atom stereocenters. The summed E-state index contributed by atoms with van der Waals surface area (Å²) in [5, 5.41) is 13.1. The predicted octanol–water partition coefficient (Wildman–Crippen LogP) is 4.23. The van der Waals surface area contributed by atoms with Crippen molar-refractivity contribution in [3.8, 4) is 11.8 Å². The standard InChI is InChI=1S/C22H22N4OS/c1-15-6-5-7-17(12-15)26-19-9-4-3-8-18(19)24-21(26)28-13-20(27)25-22(2,14-23)16-10-11-16/h3-9,12,16H,10-11,13H2,1-2H3,(H,25,27)/t22-/m0/s1. The van der Waals surface area contributed by atoms with Crippen LogP contribution in [0.15, 0.2) is 53.7 Å². The van der Waals surface area contributed by atoms with Crippen LogP contribution in [0.4, 0.5) is 0 Å². The molecular weight excluding hydrogens is 368 g/mol. The van der Waals surface area contributed by atoms with Gasteiger partial charge in [0, 0.05) is 5.69 Å². The molecule has 1 fully saturated rings. The molecule has 0 bridgehead atoms. The van der Waals surface area contributed by atoms with Gasteiger partial charge in [0.05, 0.1) is 22.9 Å². The average molecular weight is 391 g/mol. The summed E-state index contributed by atoms with van der Waals surface area (Å²) in [5.74, 6) is 0.353. The maximum atomic E-state index is 12.5. The van der Waals surface area contributed by atoms with E-state index in [0.717, 1.165) is 40.3 Å². The van der Waals surface area contributed by atoms with E-state index in [4.69, 9.17) is 4.98 Å². The van der Waals surface area contributed by atoms with Gasteiger partial charge < -0.3 is 5.32 Å². The molecule has 1 aliphatic rings. The summed E-state index contributed by atoms with van der Waals surface area (Å²) in [6, 6.07) is 18.5. The number of nitriles is 1. The Morgan fingerprint density at radius 2 is 2.11 bits per heavy atom. The number of nitrogens with one attached hydrogen (secondary N) is 1. The topological polar surface area (TPSA) is 70.7 Å². The number of aryl methyl sites for hydroxylation is 1. The van der Waals surface area contributed by atoms with Crippen LogP contribution < -0.4 is 5.32 Å². The maximum Gasteiger partial charge on any atom is 0.231 e. The zero-order valence-corrected chi connectivity index (χ0v) is 16.8.